The van der Waals surface area contributed by atoms with Crippen LogP contribution in [0, 0.1) is 0 Å². The van der Waals surface area contributed by atoms with Crippen LogP contribution >= 0.6 is 23.2 Å². The molecule has 3 aromatic rings. The SMILES string of the molecule is C[C@H](c1ccc(Cl)cc1)N1C(=O)c2ccccc2N(CCCCC(=O)O)C(=O)[C@@H]1c1ccc(Cl)cc1O. The number of carboxylic acid groups (broad SMARTS) is 1. The Morgan fingerprint density at radius 3 is 2.32 bits per heavy atom. The molecule has 0 saturated heterocycles. The van der Waals surface area contributed by atoms with E-state index in [0.717, 1.165) is 5.56 Å². The molecular formula is C28H26Cl2N2O5. The van der Waals surface area contributed by atoms with Crippen LogP contribution in [-0.2, 0) is 9.59 Å². The molecule has 0 spiro atoms. The molecule has 0 aromatic heterocycles. The number of carbonyl (C=O) groups excluding carboxylic acids is 2. The lowest BCUT2D eigenvalue weighted by Crippen LogP contribution is -2.44. The number of anilines is 1. The smallest absolute Gasteiger partial charge is 0.303 e. The van der Waals surface area contributed by atoms with Gasteiger partial charge in [-0.05, 0) is 61.7 Å². The Bertz CT molecular complexity index is 1330. The van der Waals surface area contributed by atoms with Crippen molar-refractivity contribution < 1.29 is 24.6 Å². The fourth-order valence-corrected chi connectivity index (χ4v) is 4.93. The quantitative estimate of drug-likeness (QED) is 0.329. The van der Waals surface area contributed by atoms with Crippen LogP contribution < -0.4 is 4.90 Å². The molecule has 1 aliphatic heterocycles. The lowest BCUT2D eigenvalue weighted by atomic mass is 9.98. The number of hydrogen-bond donors (Lipinski definition) is 2. The van der Waals surface area contributed by atoms with Crippen LogP contribution in [0.3, 0.4) is 0 Å². The summed E-state index contributed by atoms with van der Waals surface area (Å²) >= 11 is 12.2. The summed E-state index contributed by atoms with van der Waals surface area (Å²) in [6.45, 7) is 2.03. The van der Waals surface area contributed by atoms with E-state index >= 15 is 0 Å². The Hall–Kier alpha value is -3.55. The van der Waals surface area contributed by atoms with E-state index in [2.05, 4.69) is 0 Å². The van der Waals surface area contributed by atoms with Gasteiger partial charge in [0.1, 0.15) is 11.8 Å². The van der Waals surface area contributed by atoms with Gasteiger partial charge in [-0.1, -0.05) is 53.5 Å². The molecule has 192 valence electrons. The Labute approximate surface area is 224 Å². The molecule has 2 N–H and O–H groups in total. The zero-order chi connectivity index (χ0) is 26.7. The van der Waals surface area contributed by atoms with Crippen molar-refractivity contribution in [2.45, 2.75) is 38.3 Å². The second-order valence-electron chi connectivity index (χ2n) is 8.90. The summed E-state index contributed by atoms with van der Waals surface area (Å²) in [7, 11) is 0. The Morgan fingerprint density at radius 2 is 1.65 bits per heavy atom. The first-order chi connectivity index (χ1) is 17.7. The van der Waals surface area contributed by atoms with Gasteiger partial charge in [-0.3, -0.25) is 14.4 Å². The lowest BCUT2D eigenvalue weighted by molar-refractivity contribution is -0.137. The molecule has 4 rings (SSSR count). The van der Waals surface area contributed by atoms with Gasteiger partial charge in [-0.25, -0.2) is 0 Å². The van der Waals surface area contributed by atoms with Gasteiger partial charge in [0.2, 0.25) is 0 Å². The number of carboxylic acids is 1. The van der Waals surface area contributed by atoms with Crippen molar-refractivity contribution >= 4 is 46.7 Å². The van der Waals surface area contributed by atoms with E-state index < -0.39 is 24.0 Å². The molecule has 0 radical (unpaired) electrons. The number of phenols is 1. The van der Waals surface area contributed by atoms with Gasteiger partial charge >= 0.3 is 5.97 Å². The molecular weight excluding hydrogens is 515 g/mol. The fourth-order valence-electron chi connectivity index (χ4n) is 4.64. The first-order valence-electron chi connectivity index (χ1n) is 11.9. The summed E-state index contributed by atoms with van der Waals surface area (Å²) in [6, 6.07) is 16.6. The third-order valence-corrected chi connectivity index (χ3v) is 7.00. The maximum Gasteiger partial charge on any atom is 0.303 e. The molecule has 2 amide bonds. The van der Waals surface area contributed by atoms with Gasteiger partial charge in [0.05, 0.1) is 17.3 Å². The molecule has 1 heterocycles. The van der Waals surface area contributed by atoms with E-state index in [1.165, 1.54) is 15.9 Å². The van der Waals surface area contributed by atoms with Gasteiger partial charge in [-0.2, -0.15) is 0 Å². The highest BCUT2D eigenvalue weighted by Crippen LogP contribution is 2.42. The highest BCUT2D eigenvalue weighted by Gasteiger charge is 2.43. The van der Waals surface area contributed by atoms with Crippen LogP contribution in [0.4, 0.5) is 5.69 Å². The van der Waals surface area contributed by atoms with Crippen LogP contribution in [0.15, 0.2) is 66.7 Å². The third-order valence-electron chi connectivity index (χ3n) is 6.52. The number of unbranched alkanes of at least 4 members (excludes halogenated alkanes) is 1. The Kier molecular flexibility index (Phi) is 8.05. The normalized spacial score (nSPS) is 16.4. The number of halogens is 2. The van der Waals surface area contributed by atoms with Crippen molar-refractivity contribution in [3.8, 4) is 5.75 Å². The highest BCUT2D eigenvalue weighted by molar-refractivity contribution is 6.31. The molecule has 0 unspecified atom stereocenters. The van der Waals surface area contributed by atoms with Crippen LogP contribution in [0.2, 0.25) is 10.0 Å². The van der Waals surface area contributed by atoms with Crippen LogP contribution in [-0.4, -0.2) is 39.4 Å². The van der Waals surface area contributed by atoms with E-state index in [1.807, 2.05) is 6.92 Å². The maximum absolute atomic E-state index is 14.3. The van der Waals surface area contributed by atoms with E-state index in [9.17, 15) is 19.5 Å². The van der Waals surface area contributed by atoms with Crippen molar-refractivity contribution in [2.24, 2.45) is 0 Å². The number of hydrogen-bond acceptors (Lipinski definition) is 4. The van der Waals surface area contributed by atoms with Crippen molar-refractivity contribution in [3.63, 3.8) is 0 Å². The number of phenolic OH excluding ortho intramolecular Hbond substituents is 1. The van der Waals surface area contributed by atoms with E-state index in [0.29, 0.717) is 34.1 Å². The topological polar surface area (TPSA) is 98.2 Å². The van der Waals surface area contributed by atoms with Gasteiger partial charge in [0, 0.05) is 28.6 Å². The Balaban J connectivity index is 1.86. The number of aromatic hydroxyl groups is 1. The minimum Gasteiger partial charge on any atom is -0.508 e. The molecule has 37 heavy (non-hydrogen) atoms. The van der Waals surface area contributed by atoms with Gasteiger partial charge in [0.25, 0.3) is 11.8 Å². The van der Waals surface area contributed by atoms with E-state index in [4.69, 9.17) is 28.3 Å². The minimum absolute atomic E-state index is 0.0241. The standard InChI is InChI=1S/C28H26Cl2N2O5/c1-17(18-9-11-19(29)12-10-18)32-26(22-14-13-20(30)16-24(22)33)28(37)31(15-5-4-8-25(34)35)23-7-3-2-6-21(23)27(32)36/h2-3,6-7,9-14,16-17,26,33H,4-5,8,15H2,1H3,(H,34,35)/t17-,26+/m1/s1. The minimum atomic E-state index is -1.16. The van der Waals surface area contributed by atoms with Crippen molar-refractivity contribution in [1.82, 2.24) is 4.90 Å². The number of rotatable bonds is 8. The van der Waals surface area contributed by atoms with Gasteiger partial charge in [-0.15, -0.1) is 0 Å². The van der Waals surface area contributed by atoms with Crippen LogP contribution in [0.25, 0.3) is 0 Å². The molecule has 0 aliphatic carbocycles. The zero-order valence-electron chi connectivity index (χ0n) is 20.1. The summed E-state index contributed by atoms with van der Waals surface area (Å²) in [5.41, 5.74) is 1.78. The largest absolute Gasteiger partial charge is 0.508 e. The van der Waals surface area contributed by atoms with E-state index in [1.54, 1.807) is 60.7 Å². The van der Waals surface area contributed by atoms with Gasteiger partial charge in [0.15, 0.2) is 0 Å². The number of benzene rings is 3. The average Bonchev–Trinajstić information content (AvgIpc) is 2.95. The molecule has 0 bridgehead atoms. The average molecular weight is 541 g/mol. The second-order valence-corrected chi connectivity index (χ2v) is 9.78. The van der Waals surface area contributed by atoms with Crippen LogP contribution in [0.1, 0.15) is 59.8 Å². The van der Waals surface area contributed by atoms with Crippen molar-refractivity contribution in [2.75, 3.05) is 11.4 Å². The first-order valence-corrected chi connectivity index (χ1v) is 12.6. The number of fused-ring (bicyclic) bond motifs is 1. The first kappa shape index (κ1) is 26.5. The summed E-state index contributed by atoms with van der Waals surface area (Å²) < 4.78 is 0. The molecule has 0 saturated carbocycles. The molecule has 0 fully saturated rings. The van der Waals surface area contributed by atoms with Gasteiger partial charge < -0.3 is 20.0 Å². The van der Waals surface area contributed by atoms with Crippen molar-refractivity contribution in [1.29, 1.82) is 0 Å². The number of nitrogens with zero attached hydrogens (tertiary/aromatic N) is 2. The number of amides is 2. The van der Waals surface area contributed by atoms with Crippen LogP contribution in [0.5, 0.6) is 5.75 Å². The maximum atomic E-state index is 14.3. The summed E-state index contributed by atoms with van der Waals surface area (Å²) in [5, 5.41) is 20.7. The van der Waals surface area contributed by atoms with Crippen molar-refractivity contribution in [3.05, 3.63) is 93.5 Å². The zero-order valence-corrected chi connectivity index (χ0v) is 21.6. The monoisotopic (exact) mass is 540 g/mol. The fraction of sp³-hybridized carbons (Fsp3) is 0.250. The third kappa shape index (κ3) is 5.58. The summed E-state index contributed by atoms with van der Waals surface area (Å²) in [5.74, 6) is -1.90. The number of para-hydroxylation sites is 1. The molecule has 7 nitrogen and oxygen atoms in total. The molecule has 3 aromatic carbocycles. The Morgan fingerprint density at radius 1 is 0.973 bits per heavy atom. The number of carbonyl (C=O) groups is 3. The van der Waals surface area contributed by atoms with E-state index in [-0.39, 0.29) is 30.2 Å². The highest BCUT2D eigenvalue weighted by atomic mass is 35.5. The molecule has 2 atom stereocenters. The number of aliphatic carboxylic acids is 1. The summed E-state index contributed by atoms with van der Waals surface area (Å²) in [6.07, 6.45) is 0.771. The predicted octanol–water partition coefficient (Wildman–Crippen LogP) is 6.25. The summed E-state index contributed by atoms with van der Waals surface area (Å²) in [4.78, 5) is 42.4. The lowest BCUT2D eigenvalue weighted by Gasteiger charge is -2.36. The predicted molar refractivity (Wildman–Crippen MR) is 142 cm³/mol. The molecule has 9 heteroatoms. The second kappa shape index (κ2) is 11.2. The molecule has 1 aliphatic rings.